The minimum atomic E-state index is -3.98. The molecule has 0 atom stereocenters. The molecule has 0 saturated heterocycles. The lowest BCUT2D eigenvalue weighted by molar-refractivity contribution is -0.143. The number of ether oxygens (including phenoxy) is 1. The third-order valence-corrected chi connectivity index (χ3v) is 4.44. The van der Waals surface area contributed by atoms with Crippen LogP contribution in [0.15, 0.2) is 24.3 Å². The van der Waals surface area contributed by atoms with E-state index in [1.54, 1.807) is 25.1 Å². The van der Waals surface area contributed by atoms with Crippen LogP contribution in [0, 0.1) is 0 Å². The lowest BCUT2D eigenvalue weighted by Crippen LogP contribution is -2.27. The molecule has 0 fully saturated rings. The molecule has 1 aromatic carbocycles. The monoisotopic (exact) mass is 373 g/mol. The normalized spacial score (nSPS) is 11.3. The average molecular weight is 373 g/mol. The van der Waals surface area contributed by atoms with Crippen molar-refractivity contribution in [1.29, 1.82) is 0 Å². The van der Waals surface area contributed by atoms with Crippen molar-refractivity contribution in [3.05, 3.63) is 24.3 Å². The predicted octanol–water partition coefficient (Wildman–Crippen LogP) is 2.60. The van der Waals surface area contributed by atoms with E-state index in [1.807, 2.05) is 11.0 Å². The zero-order valence-corrected chi connectivity index (χ0v) is 15.4. The van der Waals surface area contributed by atoms with Gasteiger partial charge in [-0.1, -0.05) is 12.5 Å². The van der Waals surface area contributed by atoms with Crippen LogP contribution in [0.2, 0.25) is 0 Å². The minimum Gasteiger partial charge on any atom is -0.508 e. The van der Waals surface area contributed by atoms with Gasteiger partial charge in [-0.2, -0.15) is 8.42 Å². The molecule has 142 valence electrons. The number of carbonyl (C=O) groups is 1. The van der Waals surface area contributed by atoms with Crippen LogP contribution in [0.25, 0.3) is 0 Å². The molecule has 0 aliphatic heterocycles. The van der Waals surface area contributed by atoms with Crippen molar-refractivity contribution in [2.24, 2.45) is 0 Å². The van der Waals surface area contributed by atoms with E-state index in [-0.39, 0.29) is 23.9 Å². The summed E-state index contributed by atoms with van der Waals surface area (Å²) < 4.78 is 35.5. The van der Waals surface area contributed by atoms with Crippen molar-refractivity contribution < 1.29 is 27.6 Å². The van der Waals surface area contributed by atoms with Crippen molar-refractivity contribution in [2.45, 2.75) is 39.0 Å². The van der Waals surface area contributed by atoms with Gasteiger partial charge in [0.2, 0.25) is 0 Å². The molecule has 1 aromatic rings. The molecule has 25 heavy (non-hydrogen) atoms. The van der Waals surface area contributed by atoms with Crippen molar-refractivity contribution in [1.82, 2.24) is 0 Å². The third-order valence-electron chi connectivity index (χ3n) is 3.64. The Balaban J connectivity index is 2.49. The molecular formula is C17H27NO6S. The first kappa shape index (κ1) is 21.2. The lowest BCUT2D eigenvalue weighted by Gasteiger charge is -2.25. The second-order valence-corrected chi connectivity index (χ2v) is 7.33. The van der Waals surface area contributed by atoms with Crippen LogP contribution in [0.4, 0.5) is 5.69 Å². The fourth-order valence-electron chi connectivity index (χ4n) is 2.48. The number of unbranched alkanes of at least 4 members (excludes halogenated alkanes) is 2. The number of carbonyl (C=O) groups excluding carboxylic acids is 1. The van der Waals surface area contributed by atoms with Gasteiger partial charge in [0.15, 0.2) is 0 Å². The Hall–Kier alpha value is -1.80. The number of aromatic hydroxyl groups is 1. The summed E-state index contributed by atoms with van der Waals surface area (Å²) in [6.45, 7) is 3.27. The van der Waals surface area contributed by atoms with Crippen molar-refractivity contribution in [2.75, 3.05) is 30.3 Å². The number of rotatable bonds is 12. The maximum absolute atomic E-state index is 11.3. The van der Waals surface area contributed by atoms with Gasteiger partial charge >= 0.3 is 5.97 Å². The molecule has 0 spiro atoms. The number of hydrogen-bond donors (Lipinski definition) is 2. The zero-order valence-electron chi connectivity index (χ0n) is 14.6. The molecule has 8 heteroatoms. The third kappa shape index (κ3) is 9.93. The van der Waals surface area contributed by atoms with E-state index in [0.717, 1.165) is 24.9 Å². The van der Waals surface area contributed by atoms with Gasteiger partial charge in [0.05, 0.1) is 12.4 Å². The molecule has 0 aliphatic carbocycles. The molecule has 0 heterocycles. The van der Waals surface area contributed by atoms with Gasteiger partial charge in [-0.25, -0.2) is 0 Å². The predicted molar refractivity (Wildman–Crippen MR) is 96.5 cm³/mol. The first-order chi connectivity index (χ1) is 11.8. The van der Waals surface area contributed by atoms with E-state index < -0.39 is 10.1 Å². The van der Waals surface area contributed by atoms with Crippen LogP contribution < -0.4 is 4.90 Å². The molecule has 0 aromatic heterocycles. The van der Waals surface area contributed by atoms with Gasteiger partial charge in [-0.05, 0) is 38.3 Å². The van der Waals surface area contributed by atoms with E-state index in [0.29, 0.717) is 26.1 Å². The Morgan fingerprint density at radius 1 is 1.16 bits per heavy atom. The molecule has 2 N–H and O–H groups in total. The Bertz CT molecular complexity index is 632. The summed E-state index contributed by atoms with van der Waals surface area (Å²) in [6.07, 6.45) is 3.07. The van der Waals surface area contributed by atoms with Crippen LogP contribution in [-0.4, -0.2) is 49.5 Å². The summed E-state index contributed by atoms with van der Waals surface area (Å²) in [7, 11) is -3.98. The number of benzene rings is 1. The second-order valence-electron chi connectivity index (χ2n) is 5.76. The second kappa shape index (κ2) is 10.9. The lowest BCUT2D eigenvalue weighted by atomic mass is 10.1. The van der Waals surface area contributed by atoms with Crippen LogP contribution >= 0.6 is 0 Å². The largest absolute Gasteiger partial charge is 0.508 e. The van der Waals surface area contributed by atoms with Crippen molar-refractivity contribution >= 4 is 21.8 Å². The van der Waals surface area contributed by atoms with Crippen LogP contribution in [0.3, 0.4) is 0 Å². The molecule has 0 radical (unpaired) electrons. The number of esters is 1. The smallest absolute Gasteiger partial charge is 0.305 e. The average Bonchev–Trinajstić information content (AvgIpc) is 2.52. The van der Waals surface area contributed by atoms with E-state index in [2.05, 4.69) is 0 Å². The Morgan fingerprint density at radius 3 is 2.52 bits per heavy atom. The number of hydrogen-bond acceptors (Lipinski definition) is 6. The van der Waals surface area contributed by atoms with Gasteiger partial charge in [0.1, 0.15) is 5.75 Å². The zero-order chi connectivity index (χ0) is 18.7. The fourth-order valence-corrected chi connectivity index (χ4v) is 2.97. The maximum Gasteiger partial charge on any atom is 0.305 e. The topological polar surface area (TPSA) is 104 Å². The Morgan fingerprint density at radius 2 is 1.88 bits per heavy atom. The number of nitrogens with zero attached hydrogens (tertiary/aromatic N) is 1. The highest BCUT2D eigenvalue weighted by Crippen LogP contribution is 2.21. The fraction of sp³-hybridized carbons (Fsp3) is 0.588. The first-order valence-corrected chi connectivity index (χ1v) is 10.1. The summed E-state index contributed by atoms with van der Waals surface area (Å²) >= 11 is 0. The van der Waals surface area contributed by atoms with Gasteiger partial charge in [0, 0.05) is 31.3 Å². The summed E-state index contributed by atoms with van der Waals surface area (Å²) in [4.78, 5) is 13.3. The van der Waals surface area contributed by atoms with Crippen molar-refractivity contribution in [3.8, 4) is 5.75 Å². The molecule has 0 bridgehead atoms. The highest BCUT2D eigenvalue weighted by molar-refractivity contribution is 7.85. The SMILES string of the molecule is CCOC(=O)CCCCCN(CCCS(=O)(=O)O)c1cccc(O)c1. The van der Waals surface area contributed by atoms with Crippen LogP contribution in [0.5, 0.6) is 5.75 Å². The number of phenolic OH excluding ortho intramolecular Hbond substituents is 1. The highest BCUT2D eigenvalue weighted by Gasteiger charge is 2.10. The van der Waals surface area contributed by atoms with E-state index in [1.165, 1.54) is 0 Å². The summed E-state index contributed by atoms with van der Waals surface area (Å²) in [5.41, 5.74) is 0.792. The Kier molecular flexibility index (Phi) is 9.30. The molecule has 0 saturated carbocycles. The summed E-state index contributed by atoms with van der Waals surface area (Å²) in [5, 5.41) is 9.62. The summed E-state index contributed by atoms with van der Waals surface area (Å²) in [6, 6.07) is 6.75. The minimum absolute atomic E-state index is 0.139. The first-order valence-electron chi connectivity index (χ1n) is 8.46. The molecular weight excluding hydrogens is 346 g/mol. The van der Waals surface area contributed by atoms with E-state index in [4.69, 9.17) is 9.29 Å². The summed E-state index contributed by atoms with van der Waals surface area (Å²) in [5.74, 6) is -0.356. The maximum atomic E-state index is 11.3. The molecule has 0 aliphatic rings. The molecule has 1 rings (SSSR count). The number of phenols is 1. The van der Waals surface area contributed by atoms with Crippen LogP contribution in [0.1, 0.15) is 39.0 Å². The highest BCUT2D eigenvalue weighted by atomic mass is 32.2. The molecule has 0 unspecified atom stereocenters. The van der Waals surface area contributed by atoms with Crippen molar-refractivity contribution in [3.63, 3.8) is 0 Å². The standard InChI is InChI=1S/C17H27NO6S/c1-2-24-17(20)10-4-3-5-11-18(12-7-13-25(21,22)23)15-8-6-9-16(19)14-15/h6,8-9,14,19H,2-5,7,10-13H2,1H3,(H,21,22,23). The van der Waals surface area contributed by atoms with E-state index >= 15 is 0 Å². The Labute approximate surface area is 149 Å². The van der Waals surface area contributed by atoms with Gasteiger partial charge < -0.3 is 14.7 Å². The molecule has 0 amide bonds. The van der Waals surface area contributed by atoms with Crippen LogP contribution in [-0.2, 0) is 19.6 Å². The van der Waals surface area contributed by atoms with Gasteiger partial charge in [-0.15, -0.1) is 0 Å². The quantitative estimate of drug-likeness (QED) is 0.330. The van der Waals surface area contributed by atoms with Gasteiger partial charge in [-0.3, -0.25) is 9.35 Å². The molecule has 7 nitrogen and oxygen atoms in total. The number of anilines is 1. The van der Waals surface area contributed by atoms with Gasteiger partial charge in [0.25, 0.3) is 10.1 Å². The van der Waals surface area contributed by atoms with E-state index in [9.17, 15) is 18.3 Å².